The van der Waals surface area contributed by atoms with Crippen molar-refractivity contribution in [3.8, 4) is 0 Å². The van der Waals surface area contributed by atoms with E-state index in [2.05, 4.69) is 21.9 Å². The van der Waals surface area contributed by atoms with Gasteiger partial charge in [-0.15, -0.1) is 0 Å². The summed E-state index contributed by atoms with van der Waals surface area (Å²) in [4.78, 5) is 3.85. The van der Waals surface area contributed by atoms with Crippen LogP contribution >= 0.6 is 12.2 Å². The van der Waals surface area contributed by atoms with E-state index in [1.54, 1.807) is 12.4 Å². The molecule has 1 rings (SSSR count). The Kier molecular flexibility index (Phi) is 4.98. The zero-order chi connectivity index (χ0) is 12.9. The van der Waals surface area contributed by atoms with E-state index in [0.29, 0.717) is 13.0 Å². The molecular weight excluding hydrogens is 258 g/mol. The Morgan fingerprint density at radius 3 is 2.65 bits per heavy atom. The van der Waals surface area contributed by atoms with Gasteiger partial charge >= 0.3 is 0 Å². The van der Waals surface area contributed by atoms with Crippen LogP contribution in [0.5, 0.6) is 0 Å². The third-order valence-electron chi connectivity index (χ3n) is 2.33. The van der Waals surface area contributed by atoms with Gasteiger partial charge in [-0.25, -0.2) is 13.1 Å². The van der Waals surface area contributed by atoms with Gasteiger partial charge in [-0.2, -0.15) is 0 Å². The zero-order valence-corrected chi connectivity index (χ0v) is 11.1. The summed E-state index contributed by atoms with van der Waals surface area (Å²) in [6.07, 6.45) is 3.94. The fourth-order valence-electron chi connectivity index (χ4n) is 1.16. The van der Waals surface area contributed by atoms with Crippen molar-refractivity contribution in [1.29, 1.82) is 0 Å². The first-order valence-electron chi connectivity index (χ1n) is 5.10. The molecule has 0 radical (unpaired) electrons. The van der Waals surface area contributed by atoms with Gasteiger partial charge in [0.1, 0.15) is 5.25 Å². The summed E-state index contributed by atoms with van der Waals surface area (Å²) in [5, 5.41) is -0.852. The van der Waals surface area contributed by atoms with Gasteiger partial charge in [-0.3, -0.25) is 4.98 Å². The third-order valence-corrected chi connectivity index (χ3v) is 4.63. The van der Waals surface area contributed by atoms with Crippen molar-refractivity contribution in [2.45, 2.75) is 18.6 Å². The fraction of sp³-hybridized carbons (Fsp3) is 0.400. The summed E-state index contributed by atoms with van der Waals surface area (Å²) in [7, 11) is -3.46. The lowest BCUT2D eigenvalue weighted by atomic mass is 10.2. The highest BCUT2D eigenvalue weighted by Gasteiger charge is 2.22. The normalized spacial score (nSPS) is 13.2. The molecule has 1 unspecified atom stereocenters. The van der Waals surface area contributed by atoms with E-state index in [-0.39, 0.29) is 4.99 Å². The maximum absolute atomic E-state index is 11.7. The van der Waals surface area contributed by atoms with E-state index in [0.717, 1.165) is 5.56 Å². The number of thiocarbonyl (C=S) groups is 1. The van der Waals surface area contributed by atoms with Gasteiger partial charge in [0.2, 0.25) is 10.0 Å². The largest absolute Gasteiger partial charge is 0.392 e. The highest BCUT2D eigenvalue weighted by Crippen LogP contribution is 2.00. The van der Waals surface area contributed by atoms with E-state index >= 15 is 0 Å². The van der Waals surface area contributed by atoms with Crippen molar-refractivity contribution >= 4 is 27.2 Å². The molecule has 0 aliphatic rings. The minimum Gasteiger partial charge on any atom is -0.392 e. The standard InChI is InChI=1S/C10H15N3O2S2/c1-8(10(11)16)17(14,15)13-7-4-9-2-5-12-6-3-9/h2-3,5-6,8,13H,4,7H2,1H3,(H2,11,16). The quantitative estimate of drug-likeness (QED) is 0.724. The van der Waals surface area contributed by atoms with Crippen LogP contribution in [0.3, 0.4) is 0 Å². The van der Waals surface area contributed by atoms with Crippen LogP contribution in [0.1, 0.15) is 12.5 Å². The summed E-state index contributed by atoms with van der Waals surface area (Å²) in [5.74, 6) is 0. The number of pyridine rings is 1. The first kappa shape index (κ1) is 14.0. The minimum absolute atomic E-state index is 0.0265. The maximum Gasteiger partial charge on any atom is 0.220 e. The molecular formula is C10H15N3O2S2. The van der Waals surface area contributed by atoms with Gasteiger partial charge in [0.05, 0.1) is 4.99 Å². The lowest BCUT2D eigenvalue weighted by Gasteiger charge is -2.12. The number of hydrogen-bond donors (Lipinski definition) is 2. The van der Waals surface area contributed by atoms with Crippen LogP contribution < -0.4 is 10.5 Å². The van der Waals surface area contributed by atoms with E-state index in [4.69, 9.17) is 5.73 Å². The smallest absolute Gasteiger partial charge is 0.220 e. The van der Waals surface area contributed by atoms with Crippen molar-refractivity contribution in [3.63, 3.8) is 0 Å². The van der Waals surface area contributed by atoms with Crippen molar-refractivity contribution in [1.82, 2.24) is 9.71 Å². The average Bonchev–Trinajstić information content (AvgIpc) is 2.29. The molecule has 0 amide bonds. The molecule has 0 saturated carbocycles. The third kappa shape index (κ3) is 4.37. The molecule has 1 aromatic rings. The SMILES string of the molecule is CC(C(N)=S)S(=O)(=O)NCCc1ccncc1. The summed E-state index contributed by atoms with van der Waals surface area (Å²) in [6, 6.07) is 3.68. The summed E-state index contributed by atoms with van der Waals surface area (Å²) < 4.78 is 25.8. The Bertz CT molecular complexity index is 474. The Morgan fingerprint density at radius 2 is 2.12 bits per heavy atom. The fourth-order valence-corrected chi connectivity index (χ4v) is 2.49. The minimum atomic E-state index is -3.46. The molecule has 0 bridgehead atoms. The molecule has 1 aromatic heterocycles. The lowest BCUT2D eigenvalue weighted by Crippen LogP contribution is -2.40. The summed E-state index contributed by atoms with van der Waals surface area (Å²) in [6.45, 7) is 1.79. The van der Waals surface area contributed by atoms with Crippen LogP contribution in [0.25, 0.3) is 0 Å². The Hall–Kier alpha value is -1.05. The van der Waals surface area contributed by atoms with Crippen molar-refractivity contribution in [2.24, 2.45) is 5.73 Å². The van der Waals surface area contributed by atoms with Crippen molar-refractivity contribution < 1.29 is 8.42 Å². The van der Waals surface area contributed by atoms with E-state index in [9.17, 15) is 8.42 Å². The first-order chi connectivity index (χ1) is 7.93. The molecule has 0 spiro atoms. The molecule has 17 heavy (non-hydrogen) atoms. The second-order valence-corrected chi connectivity index (χ2v) is 6.15. The first-order valence-corrected chi connectivity index (χ1v) is 7.05. The van der Waals surface area contributed by atoms with Gasteiger partial charge in [0, 0.05) is 18.9 Å². The van der Waals surface area contributed by atoms with Gasteiger partial charge in [0.15, 0.2) is 0 Å². The van der Waals surface area contributed by atoms with Crippen LogP contribution in [-0.2, 0) is 16.4 Å². The molecule has 0 aliphatic heterocycles. The van der Waals surface area contributed by atoms with E-state index < -0.39 is 15.3 Å². The highest BCUT2D eigenvalue weighted by molar-refractivity contribution is 7.93. The van der Waals surface area contributed by atoms with E-state index in [1.807, 2.05) is 12.1 Å². The molecule has 0 fully saturated rings. The predicted octanol–water partition coefficient (Wildman–Crippen LogP) is 0.218. The second-order valence-electron chi connectivity index (χ2n) is 3.59. The van der Waals surface area contributed by atoms with Crippen LogP contribution in [0.4, 0.5) is 0 Å². The summed E-state index contributed by atoms with van der Waals surface area (Å²) in [5.41, 5.74) is 6.33. The summed E-state index contributed by atoms with van der Waals surface area (Å²) >= 11 is 4.66. The van der Waals surface area contributed by atoms with Gasteiger partial charge in [-0.1, -0.05) is 12.2 Å². The average molecular weight is 273 g/mol. The van der Waals surface area contributed by atoms with Crippen LogP contribution in [0.15, 0.2) is 24.5 Å². The van der Waals surface area contributed by atoms with Crippen LogP contribution in [0.2, 0.25) is 0 Å². The molecule has 1 heterocycles. The maximum atomic E-state index is 11.7. The Morgan fingerprint density at radius 1 is 1.53 bits per heavy atom. The topological polar surface area (TPSA) is 85.1 Å². The second kappa shape index (κ2) is 6.04. The van der Waals surface area contributed by atoms with Crippen LogP contribution in [0, 0.1) is 0 Å². The lowest BCUT2D eigenvalue weighted by molar-refractivity contribution is 0.578. The molecule has 1 atom stereocenters. The number of nitrogens with one attached hydrogen (secondary N) is 1. The number of sulfonamides is 1. The van der Waals surface area contributed by atoms with Gasteiger partial charge < -0.3 is 5.73 Å². The zero-order valence-electron chi connectivity index (χ0n) is 9.46. The molecule has 0 aromatic carbocycles. The van der Waals surface area contributed by atoms with Gasteiger partial charge in [-0.05, 0) is 31.0 Å². The molecule has 0 saturated heterocycles. The Balaban J connectivity index is 2.49. The monoisotopic (exact) mass is 273 g/mol. The predicted molar refractivity (Wildman–Crippen MR) is 71.1 cm³/mol. The molecule has 94 valence electrons. The number of rotatable bonds is 6. The molecule has 5 nitrogen and oxygen atoms in total. The van der Waals surface area contributed by atoms with Crippen LogP contribution in [-0.4, -0.2) is 30.2 Å². The molecule has 3 N–H and O–H groups in total. The molecule has 0 aliphatic carbocycles. The number of nitrogens with two attached hydrogens (primary N) is 1. The van der Waals surface area contributed by atoms with Crippen molar-refractivity contribution in [2.75, 3.05) is 6.54 Å². The van der Waals surface area contributed by atoms with E-state index in [1.165, 1.54) is 6.92 Å². The number of nitrogens with zero attached hydrogens (tertiary/aromatic N) is 1. The van der Waals surface area contributed by atoms with Crippen molar-refractivity contribution in [3.05, 3.63) is 30.1 Å². The number of hydrogen-bond acceptors (Lipinski definition) is 4. The highest BCUT2D eigenvalue weighted by atomic mass is 32.2. The van der Waals surface area contributed by atoms with Gasteiger partial charge in [0.25, 0.3) is 0 Å². The number of aromatic nitrogens is 1. The Labute approximate surface area is 106 Å². The molecule has 7 heteroatoms.